The van der Waals surface area contributed by atoms with Crippen LogP contribution in [0.1, 0.15) is 24.1 Å². The molecule has 0 fully saturated rings. The smallest absolute Gasteiger partial charge is 0.246 e. The highest BCUT2D eigenvalue weighted by molar-refractivity contribution is 5.95. The first-order valence-corrected chi connectivity index (χ1v) is 8.78. The third-order valence-electron chi connectivity index (χ3n) is 4.44. The van der Waals surface area contributed by atoms with Crippen molar-refractivity contribution in [3.63, 3.8) is 0 Å². The highest BCUT2D eigenvalue weighted by Gasteiger charge is 2.18. The van der Waals surface area contributed by atoms with E-state index in [9.17, 15) is 4.79 Å². The lowest BCUT2D eigenvalue weighted by atomic mass is 10.0. The van der Waals surface area contributed by atoms with Gasteiger partial charge in [0.15, 0.2) is 0 Å². The Morgan fingerprint density at radius 3 is 2.12 bits per heavy atom. The lowest BCUT2D eigenvalue weighted by Crippen LogP contribution is -2.30. The molecule has 3 rings (SSSR count). The standard InChI is InChI=1S/C22H23N3O/c1-3-16-4-6-19(7-5-16)21(23-2)22(26)25-20-10-8-17(9-11-20)18-12-14-24-15-13-18/h4-15,21,23H,3H2,1-2H3,(H,25,26). The molecular formula is C22H23N3O. The van der Waals surface area contributed by atoms with Crippen LogP contribution in [-0.4, -0.2) is 17.9 Å². The molecule has 1 atom stereocenters. The van der Waals surface area contributed by atoms with Crippen LogP contribution in [0.5, 0.6) is 0 Å². The van der Waals surface area contributed by atoms with Crippen molar-refractivity contribution < 1.29 is 4.79 Å². The average molecular weight is 345 g/mol. The lowest BCUT2D eigenvalue weighted by Gasteiger charge is -2.17. The van der Waals surface area contributed by atoms with Gasteiger partial charge >= 0.3 is 0 Å². The van der Waals surface area contributed by atoms with Crippen molar-refractivity contribution in [1.29, 1.82) is 0 Å². The number of carbonyl (C=O) groups is 1. The van der Waals surface area contributed by atoms with Gasteiger partial charge in [-0.25, -0.2) is 0 Å². The average Bonchev–Trinajstić information content (AvgIpc) is 2.70. The Labute approximate surface area is 154 Å². The minimum atomic E-state index is -0.388. The van der Waals surface area contributed by atoms with Crippen LogP contribution in [-0.2, 0) is 11.2 Å². The third kappa shape index (κ3) is 4.16. The van der Waals surface area contributed by atoms with Crippen molar-refractivity contribution in [1.82, 2.24) is 10.3 Å². The van der Waals surface area contributed by atoms with Gasteiger partial charge in [0.25, 0.3) is 0 Å². The Balaban J connectivity index is 1.71. The molecule has 4 nitrogen and oxygen atoms in total. The number of benzene rings is 2. The monoisotopic (exact) mass is 345 g/mol. The topological polar surface area (TPSA) is 54.0 Å². The minimum absolute atomic E-state index is 0.0755. The van der Waals surface area contributed by atoms with Crippen molar-refractivity contribution >= 4 is 11.6 Å². The molecule has 1 amide bonds. The molecule has 0 bridgehead atoms. The fourth-order valence-corrected chi connectivity index (χ4v) is 2.90. The second kappa shape index (κ2) is 8.41. The molecule has 26 heavy (non-hydrogen) atoms. The molecule has 0 saturated heterocycles. The molecule has 2 aromatic carbocycles. The van der Waals surface area contributed by atoms with E-state index >= 15 is 0 Å². The van der Waals surface area contributed by atoms with Gasteiger partial charge in [0, 0.05) is 18.1 Å². The van der Waals surface area contributed by atoms with E-state index in [0.29, 0.717) is 0 Å². The molecule has 0 saturated carbocycles. The van der Waals surface area contributed by atoms with Crippen molar-refractivity contribution in [3.05, 3.63) is 84.2 Å². The predicted octanol–water partition coefficient (Wildman–Crippen LogP) is 4.21. The molecule has 1 unspecified atom stereocenters. The highest BCUT2D eigenvalue weighted by Crippen LogP contribution is 2.22. The zero-order valence-electron chi connectivity index (χ0n) is 15.1. The first-order chi connectivity index (χ1) is 12.7. The summed E-state index contributed by atoms with van der Waals surface area (Å²) in [5.41, 5.74) is 5.18. The maximum absolute atomic E-state index is 12.7. The largest absolute Gasteiger partial charge is 0.324 e. The molecule has 1 heterocycles. The summed E-state index contributed by atoms with van der Waals surface area (Å²) >= 11 is 0. The van der Waals surface area contributed by atoms with Gasteiger partial charge in [-0.3, -0.25) is 9.78 Å². The zero-order chi connectivity index (χ0) is 18.4. The number of hydrogen-bond acceptors (Lipinski definition) is 3. The number of anilines is 1. The molecule has 0 aliphatic rings. The molecule has 2 N–H and O–H groups in total. The molecule has 0 spiro atoms. The van der Waals surface area contributed by atoms with Crippen LogP contribution in [0.15, 0.2) is 73.1 Å². The number of pyridine rings is 1. The fraction of sp³-hybridized carbons (Fsp3) is 0.182. The number of amides is 1. The Kier molecular flexibility index (Phi) is 5.77. The second-order valence-corrected chi connectivity index (χ2v) is 6.12. The summed E-state index contributed by atoms with van der Waals surface area (Å²) in [7, 11) is 1.80. The number of rotatable bonds is 6. The Bertz CT molecular complexity index is 843. The summed E-state index contributed by atoms with van der Waals surface area (Å²) < 4.78 is 0. The van der Waals surface area contributed by atoms with Crippen LogP contribution >= 0.6 is 0 Å². The number of hydrogen-bond donors (Lipinski definition) is 2. The molecule has 1 aromatic heterocycles. The summed E-state index contributed by atoms with van der Waals surface area (Å²) in [6.45, 7) is 2.12. The molecule has 0 radical (unpaired) electrons. The summed E-state index contributed by atoms with van der Waals surface area (Å²) in [4.78, 5) is 16.7. The van der Waals surface area contributed by atoms with Crippen molar-refractivity contribution in [2.75, 3.05) is 12.4 Å². The van der Waals surface area contributed by atoms with Crippen LogP contribution in [0.4, 0.5) is 5.69 Å². The van der Waals surface area contributed by atoms with E-state index in [0.717, 1.165) is 28.8 Å². The van der Waals surface area contributed by atoms with Crippen molar-refractivity contribution in [3.8, 4) is 11.1 Å². The Hall–Kier alpha value is -2.98. The number of carbonyl (C=O) groups excluding carboxylic acids is 1. The molecular weight excluding hydrogens is 322 g/mol. The Morgan fingerprint density at radius 1 is 0.923 bits per heavy atom. The van der Waals surface area contributed by atoms with E-state index in [-0.39, 0.29) is 11.9 Å². The van der Waals surface area contributed by atoms with Crippen molar-refractivity contribution in [2.45, 2.75) is 19.4 Å². The van der Waals surface area contributed by atoms with Crippen LogP contribution in [0.3, 0.4) is 0 Å². The molecule has 4 heteroatoms. The van der Waals surface area contributed by atoms with E-state index in [4.69, 9.17) is 0 Å². The van der Waals surface area contributed by atoms with E-state index in [2.05, 4.69) is 34.7 Å². The zero-order valence-corrected chi connectivity index (χ0v) is 15.1. The van der Waals surface area contributed by atoms with Gasteiger partial charge in [0.1, 0.15) is 6.04 Å². The first-order valence-electron chi connectivity index (χ1n) is 8.78. The maximum Gasteiger partial charge on any atom is 0.246 e. The van der Waals surface area contributed by atoms with Crippen LogP contribution in [0, 0.1) is 0 Å². The summed E-state index contributed by atoms with van der Waals surface area (Å²) in [6, 6.07) is 19.5. The van der Waals surface area contributed by atoms with E-state index in [1.54, 1.807) is 19.4 Å². The van der Waals surface area contributed by atoms with Crippen LogP contribution < -0.4 is 10.6 Å². The van der Waals surface area contributed by atoms with Gasteiger partial charge in [-0.15, -0.1) is 0 Å². The van der Waals surface area contributed by atoms with Gasteiger partial charge in [-0.05, 0) is 60.0 Å². The molecule has 0 aliphatic carbocycles. The van der Waals surface area contributed by atoms with Crippen LogP contribution in [0.25, 0.3) is 11.1 Å². The summed E-state index contributed by atoms with van der Waals surface area (Å²) in [6.07, 6.45) is 4.53. The lowest BCUT2D eigenvalue weighted by molar-refractivity contribution is -0.118. The summed E-state index contributed by atoms with van der Waals surface area (Å²) in [5, 5.41) is 6.08. The van der Waals surface area contributed by atoms with E-state index in [1.165, 1.54) is 5.56 Å². The van der Waals surface area contributed by atoms with Crippen molar-refractivity contribution in [2.24, 2.45) is 0 Å². The highest BCUT2D eigenvalue weighted by atomic mass is 16.2. The SMILES string of the molecule is CCc1ccc(C(NC)C(=O)Nc2ccc(-c3ccncc3)cc2)cc1. The number of nitrogens with one attached hydrogen (secondary N) is 2. The molecule has 132 valence electrons. The first kappa shape index (κ1) is 17.8. The van der Waals surface area contributed by atoms with Gasteiger partial charge in [0.2, 0.25) is 5.91 Å². The number of aryl methyl sites for hydroxylation is 1. The van der Waals surface area contributed by atoms with Gasteiger partial charge in [-0.2, -0.15) is 0 Å². The molecule has 3 aromatic rings. The minimum Gasteiger partial charge on any atom is -0.324 e. The van der Waals surface area contributed by atoms with Gasteiger partial charge in [-0.1, -0.05) is 43.3 Å². The normalized spacial score (nSPS) is 11.8. The predicted molar refractivity (Wildman–Crippen MR) is 106 cm³/mol. The van der Waals surface area contributed by atoms with E-state index < -0.39 is 0 Å². The number of likely N-dealkylation sites (N-methyl/N-ethyl adjacent to an activating group) is 1. The van der Waals surface area contributed by atoms with Crippen LogP contribution in [0.2, 0.25) is 0 Å². The Morgan fingerprint density at radius 2 is 1.54 bits per heavy atom. The molecule has 0 aliphatic heterocycles. The van der Waals surface area contributed by atoms with Gasteiger partial charge in [0.05, 0.1) is 0 Å². The number of nitrogens with zero attached hydrogens (tertiary/aromatic N) is 1. The fourth-order valence-electron chi connectivity index (χ4n) is 2.90. The van der Waals surface area contributed by atoms with E-state index in [1.807, 2.05) is 48.5 Å². The third-order valence-corrected chi connectivity index (χ3v) is 4.44. The quantitative estimate of drug-likeness (QED) is 0.704. The summed E-state index contributed by atoms with van der Waals surface area (Å²) in [5.74, 6) is -0.0755. The number of aromatic nitrogens is 1. The second-order valence-electron chi connectivity index (χ2n) is 6.12. The van der Waals surface area contributed by atoms with Gasteiger partial charge < -0.3 is 10.6 Å². The maximum atomic E-state index is 12.7.